The van der Waals surface area contributed by atoms with Crippen molar-refractivity contribution in [2.24, 2.45) is 5.41 Å². The van der Waals surface area contributed by atoms with Gasteiger partial charge in [0, 0.05) is 43.9 Å². The number of aromatic nitrogens is 3. The van der Waals surface area contributed by atoms with Crippen LogP contribution >= 0.6 is 0 Å². The number of piperidine rings is 1. The fraction of sp³-hybridized carbons (Fsp3) is 0.526. The summed E-state index contributed by atoms with van der Waals surface area (Å²) in [5, 5.41) is 0. The van der Waals surface area contributed by atoms with Crippen LogP contribution in [0.3, 0.4) is 0 Å². The highest BCUT2D eigenvalue weighted by Crippen LogP contribution is 2.40. The lowest BCUT2D eigenvalue weighted by Gasteiger charge is -2.40. The van der Waals surface area contributed by atoms with E-state index in [1.807, 2.05) is 18.3 Å². The Morgan fingerprint density at radius 2 is 2.08 bits per heavy atom. The molecule has 1 spiro atoms. The van der Waals surface area contributed by atoms with Crippen LogP contribution in [0, 0.1) is 5.41 Å². The van der Waals surface area contributed by atoms with Crippen LogP contribution < -0.4 is 9.64 Å². The van der Waals surface area contributed by atoms with E-state index in [4.69, 9.17) is 4.74 Å². The van der Waals surface area contributed by atoms with Crippen molar-refractivity contribution in [1.29, 1.82) is 0 Å². The number of rotatable bonds is 4. The van der Waals surface area contributed by atoms with Crippen molar-refractivity contribution in [3.63, 3.8) is 0 Å². The number of ether oxygens (including phenoxy) is 1. The zero-order chi connectivity index (χ0) is 17.1. The van der Waals surface area contributed by atoms with Crippen LogP contribution in [0.4, 0.5) is 5.82 Å². The summed E-state index contributed by atoms with van der Waals surface area (Å²) < 4.78 is 5.24. The molecule has 0 saturated carbocycles. The fourth-order valence-corrected chi connectivity index (χ4v) is 4.24. The van der Waals surface area contributed by atoms with Gasteiger partial charge in [0.1, 0.15) is 12.1 Å². The summed E-state index contributed by atoms with van der Waals surface area (Å²) in [5.74, 6) is 1.61. The molecule has 0 bridgehead atoms. The van der Waals surface area contributed by atoms with Crippen molar-refractivity contribution in [3.05, 3.63) is 42.5 Å². The topological polar surface area (TPSA) is 54.4 Å². The van der Waals surface area contributed by atoms with Crippen LogP contribution in [0.1, 0.15) is 25.0 Å². The second-order valence-electron chi connectivity index (χ2n) is 7.23. The van der Waals surface area contributed by atoms with E-state index in [9.17, 15) is 0 Å². The monoisotopic (exact) mass is 339 g/mol. The minimum Gasteiger partial charge on any atom is -0.481 e. The lowest BCUT2D eigenvalue weighted by Crippen LogP contribution is -2.44. The zero-order valence-electron chi connectivity index (χ0n) is 14.8. The first-order valence-corrected chi connectivity index (χ1v) is 9.00. The van der Waals surface area contributed by atoms with Crippen molar-refractivity contribution in [2.45, 2.75) is 25.8 Å². The average Bonchev–Trinajstić information content (AvgIpc) is 3.06. The molecule has 0 aromatic carbocycles. The summed E-state index contributed by atoms with van der Waals surface area (Å²) in [5.41, 5.74) is 1.53. The molecule has 4 rings (SSSR count). The quantitative estimate of drug-likeness (QED) is 0.852. The van der Waals surface area contributed by atoms with E-state index < -0.39 is 0 Å². The maximum atomic E-state index is 5.24. The summed E-state index contributed by atoms with van der Waals surface area (Å²) >= 11 is 0. The zero-order valence-corrected chi connectivity index (χ0v) is 14.8. The Labute approximate surface area is 148 Å². The minimum absolute atomic E-state index is 0.366. The van der Waals surface area contributed by atoms with Crippen LogP contribution in [0.2, 0.25) is 0 Å². The van der Waals surface area contributed by atoms with E-state index >= 15 is 0 Å². The van der Waals surface area contributed by atoms with Gasteiger partial charge in [-0.05, 0) is 37.9 Å². The molecule has 0 amide bonds. The molecule has 0 N–H and O–H groups in total. The fourth-order valence-electron chi connectivity index (χ4n) is 4.24. The average molecular weight is 339 g/mol. The second-order valence-corrected chi connectivity index (χ2v) is 7.23. The number of hydrogen-bond donors (Lipinski definition) is 0. The van der Waals surface area contributed by atoms with Gasteiger partial charge in [0.15, 0.2) is 0 Å². The van der Waals surface area contributed by atoms with Crippen molar-refractivity contribution in [1.82, 2.24) is 19.9 Å². The van der Waals surface area contributed by atoms with Gasteiger partial charge in [-0.1, -0.05) is 6.07 Å². The minimum atomic E-state index is 0.366. The van der Waals surface area contributed by atoms with Gasteiger partial charge in [-0.25, -0.2) is 9.97 Å². The second kappa shape index (κ2) is 6.96. The summed E-state index contributed by atoms with van der Waals surface area (Å²) in [7, 11) is 1.65. The van der Waals surface area contributed by atoms with Crippen LogP contribution in [0.15, 0.2) is 36.8 Å². The van der Waals surface area contributed by atoms with Crippen LogP contribution in [0.25, 0.3) is 0 Å². The van der Waals surface area contributed by atoms with Crippen LogP contribution in [-0.2, 0) is 6.54 Å². The molecule has 6 nitrogen and oxygen atoms in total. The predicted octanol–water partition coefficient (Wildman–Crippen LogP) is 2.37. The molecular formula is C19H25N5O. The summed E-state index contributed by atoms with van der Waals surface area (Å²) in [4.78, 5) is 18.0. The summed E-state index contributed by atoms with van der Waals surface area (Å²) in [6.45, 7) is 5.37. The molecule has 1 atom stereocenters. The van der Waals surface area contributed by atoms with Gasteiger partial charge in [0.05, 0.1) is 12.8 Å². The molecular weight excluding hydrogens is 314 g/mol. The van der Waals surface area contributed by atoms with E-state index in [1.54, 1.807) is 13.4 Å². The SMILES string of the molecule is COc1cc(N2CC[C@]3(CCCN(Cc4ccccn4)C3)C2)ncn1. The van der Waals surface area contributed by atoms with Gasteiger partial charge in [0.2, 0.25) is 5.88 Å². The maximum Gasteiger partial charge on any atom is 0.218 e. The van der Waals surface area contributed by atoms with Crippen molar-refractivity contribution in [3.8, 4) is 5.88 Å². The van der Waals surface area contributed by atoms with Gasteiger partial charge in [-0.3, -0.25) is 9.88 Å². The molecule has 2 aromatic heterocycles. The highest BCUT2D eigenvalue weighted by atomic mass is 16.5. The van der Waals surface area contributed by atoms with Crippen molar-refractivity contribution >= 4 is 5.82 Å². The molecule has 25 heavy (non-hydrogen) atoms. The van der Waals surface area contributed by atoms with E-state index in [2.05, 4.69) is 36.9 Å². The van der Waals surface area contributed by atoms with E-state index in [1.165, 1.54) is 25.8 Å². The Morgan fingerprint density at radius 3 is 2.92 bits per heavy atom. The van der Waals surface area contributed by atoms with Crippen LogP contribution in [0.5, 0.6) is 5.88 Å². The van der Waals surface area contributed by atoms with Gasteiger partial charge in [0.25, 0.3) is 0 Å². The Bertz CT molecular complexity index is 710. The van der Waals surface area contributed by atoms with Gasteiger partial charge in [-0.2, -0.15) is 0 Å². The van der Waals surface area contributed by atoms with Crippen LogP contribution in [-0.4, -0.2) is 53.1 Å². The summed E-state index contributed by atoms with van der Waals surface area (Å²) in [6, 6.07) is 8.11. The third-order valence-corrected chi connectivity index (χ3v) is 5.45. The smallest absolute Gasteiger partial charge is 0.218 e. The molecule has 2 aromatic rings. The number of methoxy groups -OCH3 is 1. The maximum absolute atomic E-state index is 5.24. The Hall–Kier alpha value is -2.21. The number of anilines is 1. The predicted molar refractivity (Wildman–Crippen MR) is 96.6 cm³/mol. The number of likely N-dealkylation sites (tertiary alicyclic amines) is 1. The summed E-state index contributed by atoms with van der Waals surface area (Å²) in [6.07, 6.45) is 7.25. The van der Waals surface area contributed by atoms with E-state index in [0.717, 1.165) is 37.7 Å². The molecule has 4 heterocycles. The lowest BCUT2D eigenvalue weighted by molar-refractivity contribution is 0.0981. The van der Waals surface area contributed by atoms with E-state index in [0.29, 0.717) is 11.3 Å². The molecule has 0 unspecified atom stereocenters. The Kier molecular flexibility index (Phi) is 4.53. The highest BCUT2D eigenvalue weighted by Gasteiger charge is 2.41. The molecule has 6 heteroatoms. The van der Waals surface area contributed by atoms with Crippen molar-refractivity contribution in [2.75, 3.05) is 38.2 Å². The molecule has 132 valence electrons. The Morgan fingerprint density at radius 1 is 1.12 bits per heavy atom. The first-order valence-electron chi connectivity index (χ1n) is 9.00. The molecule has 2 aliphatic heterocycles. The van der Waals surface area contributed by atoms with Gasteiger partial charge < -0.3 is 9.64 Å². The van der Waals surface area contributed by atoms with Gasteiger partial charge in [-0.15, -0.1) is 0 Å². The molecule has 2 fully saturated rings. The molecule has 0 aliphatic carbocycles. The molecule has 2 saturated heterocycles. The van der Waals surface area contributed by atoms with E-state index in [-0.39, 0.29) is 0 Å². The first-order chi connectivity index (χ1) is 12.3. The standard InChI is InChI=1S/C19H25N5O/c1-25-18-11-17(21-15-22-18)24-10-7-19(14-24)6-4-9-23(13-19)12-16-5-2-3-8-20-16/h2-3,5,8,11,15H,4,6-7,9-10,12-14H2,1H3/t19-/m0/s1. The number of nitrogens with zero attached hydrogens (tertiary/aromatic N) is 5. The third-order valence-electron chi connectivity index (χ3n) is 5.45. The normalized spacial score (nSPS) is 24.0. The van der Waals surface area contributed by atoms with Gasteiger partial charge >= 0.3 is 0 Å². The molecule has 2 aliphatic rings. The largest absolute Gasteiger partial charge is 0.481 e. The lowest BCUT2D eigenvalue weighted by atomic mass is 9.79. The Balaban J connectivity index is 1.43. The third kappa shape index (κ3) is 3.58. The number of hydrogen-bond acceptors (Lipinski definition) is 6. The first kappa shape index (κ1) is 16.3. The van der Waals surface area contributed by atoms with Crippen molar-refractivity contribution < 1.29 is 4.74 Å². The highest BCUT2D eigenvalue weighted by molar-refractivity contribution is 5.42. The number of pyridine rings is 1. The molecule has 0 radical (unpaired) electrons.